The Bertz CT molecular complexity index is 1340. The van der Waals surface area contributed by atoms with Gasteiger partial charge in [-0.1, -0.05) is 61.3 Å². The first-order valence-electron chi connectivity index (χ1n) is 13.4. The normalized spacial score (nSPS) is 11.6. The molecule has 2 N–H and O–H groups in total. The Kier molecular flexibility index (Phi) is 12.9. The highest BCUT2D eigenvalue weighted by Gasteiger charge is 2.22. The summed E-state index contributed by atoms with van der Waals surface area (Å²) in [5.41, 5.74) is 3.27. The quantitative estimate of drug-likeness (QED) is 0.190. The van der Waals surface area contributed by atoms with E-state index < -0.39 is 0 Å². The Morgan fingerprint density at radius 1 is 1.22 bits per heavy atom. The van der Waals surface area contributed by atoms with Crippen LogP contribution in [-0.2, 0) is 29.0 Å². The van der Waals surface area contributed by atoms with Crippen molar-refractivity contribution in [2.45, 2.75) is 45.8 Å². The molecule has 8 nitrogen and oxygen atoms in total. The summed E-state index contributed by atoms with van der Waals surface area (Å²) in [7, 11) is 1.64. The lowest BCUT2D eigenvalue weighted by Crippen LogP contribution is -2.49. The zero-order chi connectivity index (χ0) is 29.8. The Balaban J connectivity index is 1.72. The van der Waals surface area contributed by atoms with E-state index in [0.29, 0.717) is 59.4 Å². The van der Waals surface area contributed by atoms with E-state index in [1.54, 1.807) is 37.8 Å². The Hall–Kier alpha value is -3.16. The number of hydrogen-bond acceptors (Lipinski definition) is 5. The van der Waals surface area contributed by atoms with Crippen LogP contribution in [0.3, 0.4) is 0 Å². The van der Waals surface area contributed by atoms with E-state index >= 15 is 0 Å². The Labute approximate surface area is 257 Å². The summed E-state index contributed by atoms with van der Waals surface area (Å²) in [6, 6.07) is 14.9. The van der Waals surface area contributed by atoms with Gasteiger partial charge in [-0.2, -0.15) is 5.26 Å². The monoisotopic (exact) mass is 614 g/mol. The minimum atomic E-state index is -0.169. The van der Waals surface area contributed by atoms with Crippen molar-refractivity contribution in [1.82, 2.24) is 25.1 Å². The summed E-state index contributed by atoms with van der Waals surface area (Å²) in [6.07, 6.45) is 4.37. The van der Waals surface area contributed by atoms with Gasteiger partial charge in [-0.15, -0.1) is 0 Å². The van der Waals surface area contributed by atoms with E-state index in [1.165, 1.54) is 0 Å². The number of aromatic nitrogens is 2. The summed E-state index contributed by atoms with van der Waals surface area (Å²) in [5.74, 6) is 0.241. The van der Waals surface area contributed by atoms with E-state index in [9.17, 15) is 4.79 Å². The molecule has 41 heavy (non-hydrogen) atoms. The number of hydrogen-bond donors (Lipinski definition) is 2. The van der Waals surface area contributed by atoms with Crippen LogP contribution in [0.1, 0.15) is 42.7 Å². The molecule has 1 amide bonds. The lowest BCUT2D eigenvalue weighted by atomic mass is 10.0. The van der Waals surface area contributed by atoms with Crippen LogP contribution in [0.4, 0.5) is 0 Å². The SMILES string of the molecule is COCCNC(=S)N(Cc1cccc(Cl)c1Cl)C[C@H](CC(C)C)NC(=O)Cc1cncn1Cc1ccc(C#N)cc1. The number of imidazole rings is 1. The summed E-state index contributed by atoms with van der Waals surface area (Å²) < 4.78 is 7.11. The molecule has 2 aromatic carbocycles. The number of methoxy groups -OCH3 is 1. The molecule has 0 radical (unpaired) electrons. The molecule has 11 heteroatoms. The second-order valence-electron chi connectivity index (χ2n) is 10.2. The summed E-state index contributed by atoms with van der Waals surface area (Å²) >= 11 is 18.5. The highest BCUT2D eigenvalue weighted by atomic mass is 35.5. The number of carbonyl (C=O) groups excluding carboxylic acids is 1. The number of halogens is 2. The minimum Gasteiger partial charge on any atom is -0.383 e. The molecule has 3 rings (SSSR count). The van der Waals surface area contributed by atoms with Crippen molar-refractivity contribution in [3.8, 4) is 6.07 Å². The number of thiocarbonyl (C=S) groups is 1. The average Bonchev–Trinajstić information content (AvgIpc) is 3.36. The molecule has 0 unspecified atom stereocenters. The molecule has 0 spiro atoms. The Morgan fingerprint density at radius 3 is 2.66 bits per heavy atom. The third-order valence-corrected chi connectivity index (χ3v) is 7.66. The predicted molar refractivity (Wildman–Crippen MR) is 167 cm³/mol. The van der Waals surface area contributed by atoms with Gasteiger partial charge in [-0.05, 0) is 53.9 Å². The lowest BCUT2D eigenvalue weighted by molar-refractivity contribution is -0.121. The second-order valence-corrected chi connectivity index (χ2v) is 11.4. The van der Waals surface area contributed by atoms with Crippen molar-refractivity contribution in [2.75, 3.05) is 26.8 Å². The van der Waals surface area contributed by atoms with Gasteiger partial charge in [0.05, 0.1) is 41.0 Å². The highest BCUT2D eigenvalue weighted by Crippen LogP contribution is 2.27. The number of nitrogens with zero attached hydrogens (tertiary/aromatic N) is 4. The van der Waals surface area contributed by atoms with Crippen LogP contribution >= 0.6 is 35.4 Å². The van der Waals surface area contributed by atoms with Gasteiger partial charge in [0.15, 0.2) is 5.11 Å². The van der Waals surface area contributed by atoms with Gasteiger partial charge in [0, 0.05) is 51.2 Å². The zero-order valence-corrected chi connectivity index (χ0v) is 25.9. The fraction of sp³-hybridized carbons (Fsp3) is 0.400. The third-order valence-electron chi connectivity index (χ3n) is 6.40. The van der Waals surface area contributed by atoms with Gasteiger partial charge in [0.2, 0.25) is 5.91 Å². The molecule has 0 aliphatic rings. The number of rotatable bonds is 14. The maximum atomic E-state index is 13.3. The summed E-state index contributed by atoms with van der Waals surface area (Å²) in [5, 5.41) is 17.0. The van der Waals surface area contributed by atoms with Crippen LogP contribution in [-0.4, -0.2) is 58.3 Å². The highest BCUT2D eigenvalue weighted by molar-refractivity contribution is 7.80. The number of nitrogens with one attached hydrogen (secondary N) is 2. The maximum absolute atomic E-state index is 13.3. The standard InChI is InChI=1S/C30H36Cl2N6O2S/c1-21(2)13-25(19-37(30(41)35-11-12-40-3)18-24-5-4-6-27(31)29(24)32)36-28(39)14-26-16-34-20-38(26)17-23-9-7-22(15-33)8-10-23/h4-10,16,20-21,25H,11-14,17-19H2,1-3H3,(H,35,41)(H,36,39)/t25-/m0/s1. The summed E-state index contributed by atoms with van der Waals surface area (Å²) in [4.78, 5) is 19.6. The van der Waals surface area contributed by atoms with Crippen LogP contribution < -0.4 is 10.6 Å². The van der Waals surface area contributed by atoms with Crippen molar-refractivity contribution in [1.29, 1.82) is 5.26 Å². The molecule has 1 aromatic heterocycles. The van der Waals surface area contributed by atoms with Gasteiger partial charge in [0.25, 0.3) is 0 Å². The van der Waals surface area contributed by atoms with Crippen molar-refractivity contribution < 1.29 is 9.53 Å². The van der Waals surface area contributed by atoms with Crippen LogP contribution in [0.5, 0.6) is 0 Å². The first-order chi connectivity index (χ1) is 19.7. The summed E-state index contributed by atoms with van der Waals surface area (Å²) in [6.45, 7) is 6.78. The molecule has 3 aromatic rings. The number of benzene rings is 2. The molecular formula is C30H36Cl2N6O2S. The topological polar surface area (TPSA) is 95.2 Å². The first kappa shape index (κ1) is 32.4. The van der Waals surface area contributed by atoms with Crippen molar-refractivity contribution in [3.63, 3.8) is 0 Å². The fourth-order valence-corrected chi connectivity index (χ4v) is 5.06. The second kappa shape index (κ2) is 16.3. The minimum absolute atomic E-state index is 0.101. The molecule has 0 fully saturated rings. The van der Waals surface area contributed by atoms with Gasteiger partial charge in [-0.25, -0.2) is 4.98 Å². The van der Waals surface area contributed by atoms with Crippen LogP contribution in [0.25, 0.3) is 0 Å². The molecule has 0 bridgehead atoms. The van der Waals surface area contributed by atoms with Gasteiger partial charge in [0.1, 0.15) is 0 Å². The van der Waals surface area contributed by atoms with E-state index in [-0.39, 0.29) is 18.4 Å². The molecule has 1 atom stereocenters. The number of amides is 1. The smallest absolute Gasteiger partial charge is 0.226 e. The molecule has 0 aliphatic carbocycles. The van der Waals surface area contributed by atoms with Crippen molar-refractivity contribution >= 4 is 46.4 Å². The van der Waals surface area contributed by atoms with Gasteiger partial charge in [-0.3, -0.25) is 4.79 Å². The van der Waals surface area contributed by atoms with Crippen molar-refractivity contribution in [3.05, 3.63) is 87.4 Å². The van der Waals surface area contributed by atoms with Gasteiger partial charge < -0.3 is 24.8 Å². The van der Waals surface area contributed by atoms with Crippen LogP contribution in [0.2, 0.25) is 10.0 Å². The molecule has 0 saturated carbocycles. The molecule has 0 aliphatic heterocycles. The van der Waals surface area contributed by atoms with E-state index in [1.807, 2.05) is 33.7 Å². The maximum Gasteiger partial charge on any atom is 0.226 e. The molecule has 218 valence electrons. The first-order valence-corrected chi connectivity index (χ1v) is 14.6. The van der Waals surface area contributed by atoms with E-state index in [2.05, 4.69) is 35.5 Å². The largest absolute Gasteiger partial charge is 0.383 e. The predicted octanol–water partition coefficient (Wildman–Crippen LogP) is 5.21. The van der Waals surface area contributed by atoms with E-state index in [4.69, 9.17) is 45.4 Å². The average molecular weight is 616 g/mol. The van der Waals surface area contributed by atoms with Gasteiger partial charge >= 0.3 is 0 Å². The molecule has 0 saturated heterocycles. The van der Waals surface area contributed by atoms with Crippen LogP contribution in [0.15, 0.2) is 55.0 Å². The number of ether oxygens (including phenoxy) is 1. The third kappa shape index (κ3) is 10.3. The number of carbonyl (C=O) groups is 1. The molecule has 1 heterocycles. The lowest BCUT2D eigenvalue weighted by Gasteiger charge is -2.32. The van der Waals surface area contributed by atoms with Crippen LogP contribution in [0, 0.1) is 17.2 Å². The fourth-order valence-electron chi connectivity index (χ4n) is 4.44. The zero-order valence-electron chi connectivity index (χ0n) is 23.6. The number of nitriles is 1. The molecular weight excluding hydrogens is 579 g/mol. The van der Waals surface area contributed by atoms with Crippen molar-refractivity contribution in [2.24, 2.45) is 5.92 Å². The Morgan fingerprint density at radius 2 is 1.98 bits per heavy atom. The van der Waals surface area contributed by atoms with E-state index in [0.717, 1.165) is 23.2 Å².